The number of carbonyl (C=O) groups excluding carboxylic acids is 2. The lowest BCUT2D eigenvalue weighted by Crippen LogP contribution is -2.55. The van der Waals surface area contributed by atoms with Crippen molar-refractivity contribution in [1.82, 2.24) is 10.6 Å². The van der Waals surface area contributed by atoms with Crippen LogP contribution in [0.25, 0.3) is 0 Å². The summed E-state index contributed by atoms with van der Waals surface area (Å²) in [6, 6.07) is 14.3. The number of anilines is 1. The zero-order chi connectivity index (χ0) is 20.8. The van der Waals surface area contributed by atoms with E-state index in [4.69, 9.17) is 4.74 Å². The van der Waals surface area contributed by atoms with E-state index in [0.29, 0.717) is 18.7 Å². The van der Waals surface area contributed by atoms with Crippen LogP contribution < -0.4 is 20.7 Å². The van der Waals surface area contributed by atoms with Gasteiger partial charge in [0.1, 0.15) is 11.8 Å². The van der Waals surface area contributed by atoms with Gasteiger partial charge in [0.25, 0.3) is 0 Å². The molecule has 6 heteroatoms. The molecule has 0 fully saturated rings. The Bertz CT molecular complexity index is 851. The lowest BCUT2D eigenvalue weighted by molar-refractivity contribution is -0.129. The molecule has 3 rings (SSSR count). The van der Waals surface area contributed by atoms with Gasteiger partial charge in [-0.25, -0.2) is 0 Å². The average molecular weight is 396 g/mol. The van der Waals surface area contributed by atoms with Crippen LogP contribution in [0.4, 0.5) is 5.69 Å². The highest BCUT2D eigenvalue weighted by Crippen LogP contribution is 2.19. The molecule has 0 saturated heterocycles. The SMILES string of the molecule is CC[C@H](C)[C@H](NC(=O)[C@@H]1Cc2ccccc2CN1)C(=O)Nc1ccc(OC)cc1. The standard InChI is InChI=1S/C23H29N3O3/c1-4-15(2)21(23(28)25-18-9-11-19(29-3)12-10-18)26-22(27)20-13-16-7-5-6-8-17(16)14-24-20/h5-12,15,20-21,24H,4,13-14H2,1-3H3,(H,25,28)(H,26,27)/t15-,20-,21-/m0/s1. The smallest absolute Gasteiger partial charge is 0.247 e. The first-order chi connectivity index (χ1) is 14.0. The third-order valence-corrected chi connectivity index (χ3v) is 5.55. The van der Waals surface area contributed by atoms with E-state index in [2.05, 4.69) is 28.1 Å². The van der Waals surface area contributed by atoms with Crippen molar-refractivity contribution in [3.05, 3.63) is 59.7 Å². The molecule has 3 atom stereocenters. The highest BCUT2D eigenvalue weighted by molar-refractivity contribution is 5.98. The van der Waals surface area contributed by atoms with Crippen LogP contribution in [-0.2, 0) is 22.6 Å². The zero-order valence-corrected chi connectivity index (χ0v) is 17.2. The highest BCUT2D eigenvalue weighted by Gasteiger charge is 2.30. The van der Waals surface area contributed by atoms with E-state index in [1.54, 1.807) is 31.4 Å². The number of rotatable bonds is 7. The summed E-state index contributed by atoms with van der Waals surface area (Å²) in [5, 5.41) is 9.16. The topological polar surface area (TPSA) is 79.5 Å². The number of carbonyl (C=O) groups is 2. The van der Waals surface area contributed by atoms with Gasteiger partial charge < -0.3 is 20.7 Å². The molecule has 0 saturated carbocycles. The first-order valence-corrected chi connectivity index (χ1v) is 10.1. The molecule has 6 nitrogen and oxygen atoms in total. The van der Waals surface area contributed by atoms with E-state index in [9.17, 15) is 9.59 Å². The highest BCUT2D eigenvalue weighted by atomic mass is 16.5. The molecular weight excluding hydrogens is 366 g/mol. The number of ether oxygens (including phenoxy) is 1. The molecular formula is C23H29N3O3. The number of amides is 2. The van der Waals surface area contributed by atoms with Gasteiger partial charge in [-0.2, -0.15) is 0 Å². The minimum absolute atomic E-state index is 0.00748. The molecule has 29 heavy (non-hydrogen) atoms. The van der Waals surface area contributed by atoms with Crippen LogP contribution >= 0.6 is 0 Å². The number of nitrogens with one attached hydrogen (secondary N) is 3. The Morgan fingerprint density at radius 1 is 1.14 bits per heavy atom. The third-order valence-electron chi connectivity index (χ3n) is 5.55. The Balaban J connectivity index is 1.66. The number of hydrogen-bond donors (Lipinski definition) is 3. The maximum Gasteiger partial charge on any atom is 0.247 e. The third kappa shape index (κ3) is 5.15. The maximum absolute atomic E-state index is 12.9. The Hall–Kier alpha value is -2.86. The Kier molecular flexibility index (Phi) is 6.88. The molecule has 2 amide bonds. The molecule has 1 heterocycles. The molecule has 2 aromatic rings. The van der Waals surface area contributed by atoms with Crippen molar-refractivity contribution in [1.29, 1.82) is 0 Å². The number of fused-ring (bicyclic) bond motifs is 1. The second-order valence-electron chi connectivity index (χ2n) is 7.50. The summed E-state index contributed by atoms with van der Waals surface area (Å²) >= 11 is 0. The summed E-state index contributed by atoms with van der Waals surface area (Å²) in [5.74, 6) is 0.371. The first kappa shape index (κ1) is 20.9. The first-order valence-electron chi connectivity index (χ1n) is 10.1. The van der Waals surface area contributed by atoms with Crippen molar-refractivity contribution in [2.45, 2.75) is 45.3 Å². The summed E-state index contributed by atoms with van der Waals surface area (Å²) < 4.78 is 5.15. The Morgan fingerprint density at radius 2 is 1.83 bits per heavy atom. The summed E-state index contributed by atoms with van der Waals surface area (Å²) in [6.07, 6.45) is 1.40. The molecule has 0 radical (unpaired) electrons. The quantitative estimate of drug-likeness (QED) is 0.674. The van der Waals surface area contributed by atoms with Crippen LogP contribution in [0.5, 0.6) is 5.75 Å². The molecule has 154 valence electrons. The summed E-state index contributed by atoms with van der Waals surface area (Å²) in [7, 11) is 1.60. The van der Waals surface area contributed by atoms with E-state index in [1.807, 2.05) is 26.0 Å². The van der Waals surface area contributed by atoms with Gasteiger partial charge in [0.15, 0.2) is 0 Å². The lowest BCUT2D eigenvalue weighted by atomic mass is 9.94. The summed E-state index contributed by atoms with van der Waals surface area (Å²) in [4.78, 5) is 25.8. The van der Waals surface area contributed by atoms with Gasteiger partial charge in [-0.15, -0.1) is 0 Å². The van der Waals surface area contributed by atoms with Crippen LogP contribution in [0.3, 0.4) is 0 Å². The van der Waals surface area contributed by atoms with E-state index in [0.717, 1.165) is 12.2 Å². The van der Waals surface area contributed by atoms with Crippen molar-refractivity contribution in [3.63, 3.8) is 0 Å². The molecule has 0 unspecified atom stereocenters. The lowest BCUT2D eigenvalue weighted by Gasteiger charge is -2.29. The molecule has 1 aliphatic rings. The van der Waals surface area contributed by atoms with Gasteiger partial charge in [0.2, 0.25) is 11.8 Å². The van der Waals surface area contributed by atoms with Crippen LogP contribution in [0, 0.1) is 5.92 Å². The average Bonchev–Trinajstić information content (AvgIpc) is 2.76. The summed E-state index contributed by atoms with van der Waals surface area (Å²) in [5.41, 5.74) is 3.06. The minimum Gasteiger partial charge on any atom is -0.497 e. The predicted octanol–water partition coefficient (Wildman–Crippen LogP) is 2.88. The number of hydrogen-bond acceptors (Lipinski definition) is 4. The molecule has 0 aromatic heterocycles. The van der Waals surface area contributed by atoms with Crippen LogP contribution in [0.15, 0.2) is 48.5 Å². The van der Waals surface area contributed by atoms with E-state index in [-0.39, 0.29) is 23.8 Å². The monoisotopic (exact) mass is 395 g/mol. The fourth-order valence-corrected chi connectivity index (χ4v) is 3.49. The van der Waals surface area contributed by atoms with Crippen molar-refractivity contribution >= 4 is 17.5 Å². The van der Waals surface area contributed by atoms with Crippen LogP contribution in [-0.4, -0.2) is 31.0 Å². The van der Waals surface area contributed by atoms with E-state index in [1.165, 1.54) is 11.1 Å². The van der Waals surface area contributed by atoms with Gasteiger partial charge >= 0.3 is 0 Å². The fraction of sp³-hybridized carbons (Fsp3) is 0.391. The van der Waals surface area contributed by atoms with Gasteiger partial charge in [-0.3, -0.25) is 9.59 Å². The largest absolute Gasteiger partial charge is 0.497 e. The van der Waals surface area contributed by atoms with Gasteiger partial charge in [-0.1, -0.05) is 44.5 Å². The Labute approximate surface area is 172 Å². The van der Waals surface area contributed by atoms with E-state index < -0.39 is 6.04 Å². The molecule has 2 aromatic carbocycles. The Morgan fingerprint density at radius 3 is 2.48 bits per heavy atom. The van der Waals surface area contributed by atoms with Crippen LogP contribution in [0.1, 0.15) is 31.4 Å². The van der Waals surface area contributed by atoms with Crippen LogP contribution in [0.2, 0.25) is 0 Å². The minimum atomic E-state index is -0.603. The fourth-order valence-electron chi connectivity index (χ4n) is 3.49. The molecule has 0 aliphatic carbocycles. The predicted molar refractivity (Wildman–Crippen MR) is 114 cm³/mol. The van der Waals surface area contributed by atoms with Gasteiger partial charge in [0.05, 0.1) is 13.2 Å². The zero-order valence-electron chi connectivity index (χ0n) is 17.2. The van der Waals surface area contributed by atoms with Crippen molar-refractivity contribution < 1.29 is 14.3 Å². The number of methoxy groups -OCH3 is 1. The van der Waals surface area contributed by atoms with Gasteiger partial charge in [0, 0.05) is 12.2 Å². The normalized spacial score (nSPS) is 17.6. The maximum atomic E-state index is 12.9. The van der Waals surface area contributed by atoms with Crippen molar-refractivity contribution in [2.24, 2.45) is 5.92 Å². The van der Waals surface area contributed by atoms with Crippen molar-refractivity contribution in [3.8, 4) is 5.75 Å². The molecule has 1 aliphatic heterocycles. The molecule has 0 bridgehead atoms. The van der Waals surface area contributed by atoms with Crippen molar-refractivity contribution in [2.75, 3.05) is 12.4 Å². The molecule has 3 N–H and O–H groups in total. The van der Waals surface area contributed by atoms with Gasteiger partial charge in [-0.05, 0) is 47.7 Å². The van der Waals surface area contributed by atoms with E-state index >= 15 is 0 Å². The summed E-state index contributed by atoms with van der Waals surface area (Å²) in [6.45, 7) is 4.64. The second kappa shape index (κ2) is 9.56. The number of benzene rings is 2. The molecule has 0 spiro atoms. The second-order valence-corrected chi connectivity index (χ2v) is 7.50.